The number of likely N-dealkylation sites (N-methyl/N-ethyl adjacent to an activating group) is 1. The molecule has 6 heteroatoms. The van der Waals surface area contributed by atoms with Crippen LogP contribution in [-0.4, -0.2) is 55.5 Å². The monoisotopic (exact) mass is 359 g/mol. The average Bonchev–Trinajstić information content (AvgIpc) is 2.65. The van der Waals surface area contributed by atoms with E-state index in [1.54, 1.807) is 12.1 Å². The smallest absolute Gasteiger partial charge is 0.251 e. The van der Waals surface area contributed by atoms with Crippen LogP contribution in [0.15, 0.2) is 48.5 Å². The molecule has 0 spiro atoms. The number of hydrogen-bond acceptors (Lipinski definition) is 3. The minimum Gasteiger partial charge on any atom is -0.350 e. The molecule has 1 atom stereocenters. The molecule has 1 heterocycles. The fraction of sp³-hybridized carbons (Fsp3) is 0.350. The first kappa shape index (κ1) is 18.5. The highest BCUT2D eigenvalue weighted by molar-refractivity contribution is 5.94. The summed E-state index contributed by atoms with van der Waals surface area (Å²) in [6, 6.07) is 11.9. The molecule has 3 rings (SSSR count). The van der Waals surface area contributed by atoms with Crippen LogP contribution in [0.1, 0.15) is 22.0 Å². The predicted octanol–water partition coefficient (Wildman–Crippen LogP) is 2.68. The standard InChI is InChI=1S/C20H23F2N3O/c1-24-10-12-25(13-11-24)19(15-2-6-17(21)7-3-15)14-23-20(26)16-4-8-18(22)9-5-16/h2-9,19H,10-14H2,1H3,(H,23,26)/t19-/m0/s1. The third-order valence-electron chi connectivity index (χ3n) is 4.80. The molecule has 0 saturated carbocycles. The van der Waals surface area contributed by atoms with Gasteiger partial charge in [0.05, 0.1) is 6.04 Å². The minimum absolute atomic E-state index is 0.0336. The molecule has 4 nitrogen and oxygen atoms in total. The molecule has 1 N–H and O–H groups in total. The zero-order chi connectivity index (χ0) is 18.5. The number of nitrogens with zero attached hydrogens (tertiary/aromatic N) is 2. The van der Waals surface area contributed by atoms with Crippen molar-refractivity contribution in [3.63, 3.8) is 0 Å². The molecule has 0 bridgehead atoms. The van der Waals surface area contributed by atoms with Gasteiger partial charge in [0.2, 0.25) is 0 Å². The maximum Gasteiger partial charge on any atom is 0.251 e. The quantitative estimate of drug-likeness (QED) is 0.892. The molecular weight excluding hydrogens is 336 g/mol. The van der Waals surface area contributed by atoms with Crippen molar-refractivity contribution in [3.8, 4) is 0 Å². The van der Waals surface area contributed by atoms with E-state index in [1.165, 1.54) is 36.4 Å². The lowest BCUT2D eigenvalue weighted by Gasteiger charge is -2.38. The van der Waals surface area contributed by atoms with Gasteiger partial charge in [0.25, 0.3) is 5.91 Å². The molecule has 2 aromatic carbocycles. The van der Waals surface area contributed by atoms with Crippen LogP contribution in [0.4, 0.5) is 8.78 Å². The number of amides is 1. The second kappa shape index (κ2) is 8.38. The molecule has 26 heavy (non-hydrogen) atoms. The van der Waals surface area contributed by atoms with Crippen molar-refractivity contribution in [1.82, 2.24) is 15.1 Å². The SMILES string of the molecule is CN1CCN([C@@H](CNC(=O)c2ccc(F)cc2)c2ccc(F)cc2)CC1. The van der Waals surface area contributed by atoms with Crippen LogP contribution in [0.5, 0.6) is 0 Å². The van der Waals surface area contributed by atoms with Gasteiger partial charge in [-0.2, -0.15) is 0 Å². The van der Waals surface area contributed by atoms with E-state index < -0.39 is 0 Å². The van der Waals surface area contributed by atoms with Gasteiger partial charge < -0.3 is 10.2 Å². The molecule has 0 radical (unpaired) electrons. The molecule has 0 aromatic heterocycles. The minimum atomic E-state index is -0.372. The highest BCUT2D eigenvalue weighted by atomic mass is 19.1. The van der Waals surface area contributed by atoms with Gasteiger partial charge in [0, 0.05) is 38.3 Å². The number of rotatable bonds is 5. The first-order chi connectivity index (χ1) is 12.5. The number of halogens is 2. The van der Waals surface area contributed by atoms with E-state index in [1.807, 2.05) is 0 Å². The van der Waals surface area contributed by atoms with Crippen molar-refractivity contribution in [2.75, 3.05) is 39.8 Å². The fourth-order valence-corrected chi connectivity index (χ4v) is 3.17. The number of piperazine rings is 1. The second-order valence-electron chi connectivity index (χ2n) is 6.62. The van der Waals surface area contributed by atoms with Crippen molar-refractivity contribution in [1.29, 1.82) is 0 Å². The predicted molar refractivity (Wildman–Crippen MR) is 96.9 cm³/mol. The lowest BCUT2D eigenvalue weighted by molar-refractivity contribution is 0.0886. The summed E-state index contributed by atoms with van der Waals surface area (Å²) in [5.74, 6) is -0.893. The Kier molecular flexibility index (Phi) is 5.96. The number of benzene rings is 2. The molecule has 1 aliphatic rings. The first-order valence-electron chi connectivity index (χ1n) is 8.75. The van der Waals surface area contributed by atoms with Gasteiger partial charge in [-0.05, 0) is 49.0 Å². The Bertz CT molecular complexity index is 726. The molecular formula is C20H23F2N3O. The summed E-state index contributed by atoms with van der Waals surface area (Å²) in [7, 11) is 2.08. The summed E-state index contributed by atoms with van der Waals surface area (Å²) in [6.45, 7) is 4.06. The van der Waals surface area contributed by atoms with Gasteiger partial charge in [0.1, 0.15) is 11.6 Å². The average molecular weight is 359 g/mol. The summed E-state index contributed by atoms with van der Waals surface area (Å²) in [5.41, 5.74) is 1.39. The fourth-order valence-electron chi connectivity index (χ4n) is 3.17. The Morgan fingerprint density at radius 1 is 0.962 bits per heavy atom. The van der Waals surface area contributed by atoms with E-state index in [0.29, 0.717) is 12.1 Å². The lowest BCUT2D eigenvalue weighted by atomic mass is 10.0. The Morgan fingerprint density at radius 3 is 2.08 bits per heavy atom. The molecule has 0 aliphatic carbocycles. The van der Waals surface area contributed by atoms with Crippen molar-refractivity contribution < 1.29 is 13.6 Å². The Balaban J connectivity index is 1.71. The molecule has 1 fully saturated rings. The normalized spacial score (nSPS) is 17.0. The van der Waals surface area contributed by atoms with Gasteiger partial charge in [-0.25, -0.2) is 8.78 Å². The molecule has 138 valence electrons. The summed E-state index contributed by atoms with van der Waals surface area (Å²) in [6.07, 6.45) is 0. The Hall–Kier alpha value is -2.31. The van der Waals surface area contributed by atoms with E-state index in [9.17, 15) is 13.6 Å². The highest BCUT2D eigenvalue weighted by Crippen LogP contribution is 2.22. The number of hydrogen-bond donors (Lipinski definition) is 1. The van der Waals surface area contributed by atoms with Crippen molar-refractivity contribution in [3.05, 3.63) is 71.3 Å². The van der Waals surface area contributed by atoms with Gasteiger partial charge in [0.15, 0.2) is 0 Å². The number of carbonyl (C=O) groups is 1. The van der Waals surface area contributed by atoms with Crippen LogP contribution >= 0.6 is 0 Å². The van der Waals surface area contributed by atoms with Crippen LogP contribution in [0.3, 0.4) is 0 Å². The van der Waals surface area contributed by atoms with Gasteiger partial charge in [-0.1, -0.05) is 12.1 Å². The molecule has 1 saturated heterocycles. The van der Waals surface area contributed by atoms with E-state index in [-0.39, 0.29) is 23.6 Å². The van der Waals surface area contributed by atoms with E-state index in [4.69, 9.17) is 0 Å². The van der Waals surface area contributed by atoms with E-state index >= 15 is 0 Å². The Labute approximate surface area is 152 Å². The number of carbonyl (C=O) groups excluding carboxylic acids is 1. The number of nitrogens with one attached hydrogen (secondary N) is 1. The van der Waals surface area contributed by atoms with Crippen molar-refractivity contribution in [2.45, 2.75) is 6.04 Å². The zero-order valence-corrected chi connectivity index (χ0v) is 14.8. The zero-order valence-electron chi connectivity index (χ0n) is 14.8. The summed E-state index contributed by atoms with van der Waals surface area (Å²) >= 11 is 0. The van der Waals surface area contributed by atoms with E-state index in [0.717, 1.165) is 31.7 Å². The van der Waals surface area contributed by atoms with Crippen LogP contribution in [0, 0.1) is 11.6 Å². The maximum absolute atomic E-state index is 13.3. The van der Waals surface area contributed by atoms with Crippen LogP contribution in [-0.2, 0) is 0 Å². The summed E-state index contributed by atoms with van der Waals surface area (Å²) < 4.78 is 26.3. The third-order valence-corrected chi connectivity index (χ3v) is 4.80. The largest absolute Gasteiger partial charge is 0.350 e. The lowest BCUT2D eigenvalue weighted by Crippen LogP contribution is -2.48. The molecule has 1 aliphatic heterocycles. The van der Waals surface area contributed by atoms with Crippen LogP contribution < -0.4 is 5.32 Å². The van der Waals surface area contributed by atoms with Gasteiger partial charge >= 0.3 is 0 Å². The first-order valence-corrected chi connectivity index (χ1v) is 8.75. The summed E-state index contributed by atoms with van der Waals surface area (Å²) in [5, 5.41) is 2.93. The Morgan fingerprint density at radius 2 is 1.50 bits per heavy atom. The molecule has 2 aromatic rings. The molecule has 1 amide bonds. The van der Waals surface area contributed by atoms with E-state index in [2.05, 4.69) is 22.2 Å². The third kappa shape index (κ3) is 4.65. The molecule has 0 unspecified atom stereocenters. The van der Waals surface area contributed by atoms with Gasteiger partial charge in [-0.3, -0.25) is 9.69 Å². The maximum atomic E-state index is 13.3. The van der Waals surface area contributed by atoms with Crippen molar-refractivity contribution >= 4 is 5.91 Å². The topological polar surface area (TPSA) is 35.6 Å². The second-order valence-corrected chi connectivity index (χ2v) is 6.62. The van der Waals surface area contributed by atoms with Crippen LogP contribution in [0.2, 0.25) is 0 Å². The highest BCUT2D eigenvalue weighted by Gasteiger charge is 2.24. The van der Waals surface area contributed by atoms with Crippen molar-refractivity contribution in [2.24, 2.45) is 0 Å². The van der Waals surface area contributed by atoms with Gasteiger partial charge in [-0.15, -0.1) is 0 Å². The summed E-state index contributed by atoms with van der Waals surface area (Å²) in [4.78, 5) is 16.9. The van der Waals surface area contributed by atoms with Crippen LogP contribution in [0.25, 0.3) is 0 Å².